The summed E-state index contributed by atoms with van der Waals surface area (Å²) in [4.78, 5) is 0. The van der Waals surface area contributed by atoms with Crippen LogP contribution in [0.3, 0.4) is 0 Å². The highest BCUT2D eigenvalue weighted by Gasteiger charge is 2.38. The highest BCUT2D eigenvalue weighted by Crippen LogP contribution is 2.37. The Hall–Kier alpha value is 0.0969. The van der Waals surface area contributed by atoms with E-state index in [0.29, 0.717) is 13.0 Å². The fourth-order valence-electron chi connectivity index (χ4n) is 1.21. The third-order valence-electron chi connectivity index (χ3n) is 3.18. The summed E-state index contributed by atoms with van der Waals surface area (Å²) in [5, 5.41) is 9.66. The third kappa shape index (κ3) is 5.11. The van der Waals surface area contributed by atoms with Gasteiger partial charge in [-0.25, -0.2) is 0 Å². The van der Waals surface area contributed by atoms with Crippen LogP contribution in [0.1, 0.15) is 34.1 Å². The van der Waals surface area contributed by atoms with Gasteiger partial charge in [-0.2, -0.15) is 0 Å². The van der Waals surface area contributed by atoms with Gasteiger partial charge in [0.1, 0.15) is 0 Å². The first kappa shape index (κ1) is 15.1. The second-order valence-corrected chi connectivity index (χ2v) is 10.6. The van der Waals surface area contributed by atoms with Gasteiger partial charge in [0, 0.05) is 12.6 Å². The summed E-state index contributed by atoms with van der Waals surface area (Å²) in [6.45, 7) is 13.4. The van der Waals surface area contributed by atoms with Crippen molar-refractivity contribution in [2.45, 2.75) is 64.5 Å². The van der Waals surface area contributed by atoms with Crippen molar-refractivity contribution in [1.82, 2.24) is 0 Å². The summed E-state index contributed by atoms with van der Waals surface area (Å²) in [5.41, 5.74) is 5.38. The maximum Gasteiger partial charge on any atom is 0.192 e. The minimum absolute atomic E-state index is 0.0874. The van der Waals surface area contributed by atoms with E-state index in [-0.39, 0.29) is 11.1 Å². The van der Waals surface area contributed by atoms with Crippen LogP contribution in [-0.2, 0) is 4.43 Å². The zero-order valence-corrected chi connectivity index (χ0v) is 12.0. The fourth-order valence-corrected chi connectivity index (χ4v) is 2.66. The van der Waals surface area contributed by atoms with Gasteiger partial charge in [-0.05, 0) is 31.5 Å². The highest BCUT2D eigenvalue weighted by atomic mass is 28.4. The summed E-state index contributed by atoms with van der Waals surface area (Å²) in [7, 11) is -1.70. The molecule has 0 fully saturated rings. The van der Waals surface area contributed by atoms with Gasteiger partial charge < -0.3 is 15.3 Å². The highest BCUT2D eigenvalue weighted by molar-refractivity contribution is 6.74. The topological polar surface area (TPSA) is 55.5 Å². The molecule has 0 aliphatic heterocycles. The molecule has 0 radical (unpaired) electrons. The Morgan fingerprint density at radius 2 is 1.80 bits per heavy atom. The monoisotopic (exact) mass is 233 g/mol. The van der Waals surface area contributed by atoms with Crippen molar-refractivity contribution < 1.29 is 9.53 Å². The quantitative estimate of drug-likeness (QED) is 0.715. The van der Waals surface area contributed by atoms with Gasteiger partial charge in [0.05, 0.1) is 6.10 Å². The fraction of sp³-hybridized carbons (Fsp3) is 1.00. The molecule has 0 rings (SSSR count). The number of hydrogen-bond acceptors (Lipinski definition) is 3. The average molecular weight is 233 g/mol. The molecule has 0 aromatic carbocycles. The zero-order valence-electron chi connectivity index (χ0n) is 11.0. The van der Waals surface area contributed by atoms with Gasteiger partial charge in [0.25, 0.3) is 0 Å². The molecule has 0 amide bonds. The largest absolute Gasteiger partial charge is 0.414 e. The second-order valence-electron chi connectivity index (χ2n) is 5.81. The van der Waals surface area contributed by atoms with Crippen LogP contribution >= 0.6 is 0 Å². The lowest BCUT2D eigenvalue weighted by Crippen LogP contribution is -2.44. The van der Waals surface area contributed by atoms with Gasteiger partial charge in [-0.15, -0.1) is 0 Å². The lowest BCUT2D eigenvalue weighted by molar-refractivity contribution is 0.101. The molecule has 2 unspecified atom stereocenters. The maximum atomic E-state index is 9.44. The number of aliphatic hydroxyl groups is 1. The van der Waals surface area contributed by atoms with E-state index in [4.69, 9.17) is 10.2 Å². The van der Waals surface area contributed by atoms with Gasteiger partial charge >= 0.3 is 0 Å². The van der Waals surface area contributed by atoms with Crippen molar-refractivity contribution >= 4 is 8.32 Å². The van der Waals surface area contributed by atoms with E-state index >= 15 is 0 Å². The summed E-state index contributed by atoms with van der Waals surface area (Å²) in [5.74, 6) is 0. The predicted molar refractivity (Wildman–Crippen MR) is 67.4 cm³/mol. The van der Waals surface area contributed by atoms with Crippen LogP contribution in [-0.4, -0.2) is 32.2 Å². The van der Waals surface area contributed by atoms with Gasteiger partial charge in [-0.1, -0.05) is 20.8 Å². The van der Waals surface area contributed by atoms with E-state index < -0.39 is 14.4 Å². The molecule has 0 spiro atoms. The smallest absolute Gasteiger partial charge is 0.192 e. The van der Waals surface area contributed by atoms with Crippen molar-refractivity contribution in [3.05, 3.63) is 0 Å². The predicted octanol–water partition coefficient (Wildman–Crippen LogP) is 2.11. The molecule has 0 heterocycles. The Morgan fingerprint density at radius 3 is 2.13 bits per heavy atom. The Labute approximate surface area is 95.1 Å². The molecule has 92 valence electrons. The molecule has 0 aromatic heterocycles. The van der Waals surface area contributed by atoms with Crippen LogP contribution in [0.5, 0.6) is 0 Å². The molecule has 15 heavy (non-hydrogen) atoms. The SMILES string of the molecule is CC(CC(O)CN)O[Si](C)(C)C(C)(C)C. The first-order valence-corrected chi connectivity index (χ1v) is 8.57. The molecule has 0 saturated carbocycles. The maximum absolute atomic E-state index is 9.44. The molecule has 0 saturated heterocycles. The minimum Gasteiger partial charge on any atom is -0.414 e. The van der Waals surface area contributed by atoms with Crippen molar-refractivity contribution in [3.8, 4) is 0 Å². The Morgan fingerprint density at radius 1 is 1.33 bits per heavy atom. The second kappa shape index (κ2) is 5.43. The van der Waals surface area contributed by atoms with Crippen LogP contribution in [0.2, 0.25) is 18.1 Å². The lowest BCUT2D eigenvalue weighted by atomic mass is 10.2. The third-order valence-corrected chi connectivity index (χ3v) is 7.78. The van der Waals surface area contributed by atoms with E-state index in [1.165, 1.54) is 0 Å². The first-order chi connectivity index (χ1) is 6.60. The van der Waals surface area contributed by atoms with Crippen molar-refractivity contribution in [2.75, 3.05) is 6.54 Å². The molecule has 0 aliphatic carbocycles. The Kier molecular flexibility index (Phi) is 5.47. The number of aliphatic hydroxyl groups excluding tert-OH is 1. The van der Waals surface area contributed by atoms with E-state index in [9.17, 15) is 5.11 Å². The summed E-state index contributed by atoms with van der Waals surface area (Å²) >= 11 is 0. The molecular weight excluding hydrogens is 206 g/mol. The average Bonchev–Trinajstić information content (AvgIpc) is 2.00. The van der Waals surface area contributed by atoms with Crippen molar-refractivity contribution in [3.63, 3.8) is 0 Å². The normalized spacial score (nSPS) is 17.6. The van der Waals surface area contributed by atoms with Crippen molar-refractivity contribution in [1.29, 1.82) is 0 Å². The van der Waals surface area contributed by atoms with Gasteiger partial charge in [-0.3, -0.25) is 0 Å². The van der Waals surface area contributed by atoms with E-state index in [1.807, 2.05) is 6.92 Å². The molecule has 0 bridgehead atoms. The van der Waals surface area contributed by atoms with Crippen LogP contribution in [0.4, 0.5) is 0 Å². The standard InChI is InChI=1S/C11H27NO2Si/c1-9(7-10(13)8-12)14-15(5,6)11(2,3)4/h9-10,13H,7-8,12H2,1-6H3. The number of hydrogen-bond donors (Lipinski definition) is 2. The zero-order chi connectivity index (χ0) is 12.3. The Balaban J connectivity index is 4.22. The minimum atomic E-state index is -1.70. The molecule has 2 atom stereocenters. The lowest BCUT2D eigenvalue weighted by Gasteiger charge is -2.38. The summed E-state index contributed by atoms with van der Waals surface area (Å²) < 4.78 is 6.10. The van der Waals surface area contributed by atoms with Crippen LogP contribution < -0.4 is 5.73 Å². The molecule has 0 aromatic rings. The molecule has 0 aliphatic rings. The van der Waals surface area contributed by atoms with Crippen LogP contribution in [0.25, 0.3) is 0 Å². The van der Waals surface area contributed by atoms with Crippen LogP contribution in [0.15, 0.2) is 0 Å². The van der Waals surface area contributed by atoms with Gasteiger partial charge in [0.2, 0.25) is 0 Å². The summed E-state index contributed by atoms with van der Waals surface area (Å²) in [6, 6.07) is 0. The first-order valence-electron chi connectivity index (χ1n) is 5.66. The molecule has 3 N–H and O–H groups in total. The molecule has 3 nitrogen and oxygen atoms in total. The van der Waals surface area contributed by atoms with Crippen molar-refractivity contribution in [2.24, 2.45) is 5.73 Å². The molecular formula is C11H27NO2Si. The van der Waals surface area contributed by atoms with E-state index in [0.717, 1.165) is 0 Å². The Bertz CT molecular complexity index is 190. The van der Waals surface area contributed by atoms with Gasteiger partial charge in [0.15, 0.2) is 8.32 Å². The summed E-state index contributed by atoms with van der Waals surface area (Å²) in [6.07, 6.45) is 0.275. The molecule has 4 heteroatoms. The van der Waals surface area contributed by atoms with E-state index in [2.05, 4.69) is 33.9 Å². The van der Waals surface area contributed by atoms with Crippen LogP contribution in [0, 0.1) is 0 Å². The number of rotatable bonds is 5. The number of nitrogens with two attached hydrogens (primary N) is 1. The van der Waals surface area contributed by atoms with E-state index in [1.54, 1.807) is 0 Å².